The van der Waals surface area contributed by atoms with Crippen molar-refractivity contribution in [2.45, 2.75) is 12.8 Å². The van der Waals surface area contributed by atoms with Gasteiger partial charge in [0.05, 0.1) is 7.11 Å². The molecule has 2 aromatic heterocycles. The van der Waals surface area contributed by atoms with Gasteiger partial charge in [-0.15, -0.1) is 10.2 Å². The van der Waals surface area contributed by atoms with Crippen LogP contribution in [0.5, 0.6) is 5.75 Å². The number of nitrogens with zero attached hydrogens (tertiary/aromatic N) is 2. The van der Waals surface area contributed by atoms with Crippen molar-refractivity contribution < 1.29 is 4.74 Å². The molecule has 0 spiro atoms. The molecule has 2 aromatic carbocycles. The van der Waals surface area contributed by atoms with Crippen molar-refractivity contribution in [2.24, 2.45) is 0 Å². The minimum atomic E-state index is -0.253. The van der Waals surface area contributed by atoms with Crippen molar-refractivity contribution in [3.63, 3.8) is 0 Å². The zero-order chi connectivity index (χ0) is 20.2. The van der Waals surface area contributed by atoms with Crippen molar-refractivity contribution in [3.05, 3.63) is 80.9 Å². The fraction of sp³-hybridized carbons (Fsp3) is 0.190. The van der Waals surface area contributed by atoms with Gasteiger partial charge in [0.25, 0.3) is 5.56 Å². The Balaban J connectivity index is 1.38. The second-order valence-electron chi connectivity index (χ2n) is 6.65. The molecule has 0 aliphatic carbocycles. The molecule has 4 aromatic rings. The van der Waals surface area contributed by atoms with Gasteiger partial charge in [0.2, 0.25) is 5.95 Å². The van der Waals surface area contributed by atoms with E-state index in [9.17, 15) is 4.79 Å². The molecule has 0 fully saturated rings. The number of halogens is 1. The summed E-state index contributed by atoms with van der Waals surface area (Å²) in [5.41, 5.74) is 3.26. The van der Waals surface area contributed by atoms with Crippen LogP contribution in [-0.2, 0) is 12.8 Å². The van der Waals surface area contributed by atoms with E-state index < -0.39 is 0 Å². The minimum absolute atomic E-state index is 0.253. The zero-order valence-corrected chi connectivity index (χ0v) is 16.6. The van der Waals surface area contributed by atoms with E-state index in [0.717, 1.165) is 28.6 Å². The molecule has 7 nitrogen and oxygen atoms in total. The van der Waals surface area contributed by atoms with Crippen molar-refractivity contribution in [3.8, 4) is 5.75 Å². The van der Waals surface area contributed by atoms with Crippen LogP contribution < -0.4 is 15.6 Å². The predicted molar refractivity (Wildman–Crippen MR) is 114 cm³/mol. The number of hydrogen-bond acceptors (Lipinski definition) is 5. The number of fused-ring (bicyclic) bond motifs is 1. The SMILES string of the molecule is COc1ccc2c(CCNc3nnc(Cc4ccc(Cl)cc4)c(=O)[nH]3)c[nH]c2c1. The van der Waals surface area contributed by atoms with E-state index in [4.69, 9.17) is 16.3 Å². The van der Waals surface area contributed by atoms with Gasteiger partial charge in [0.15, 0.2) is 0 Å². The van der Waals surface area contributed by atoms with E-state index in [2.05, 4.69) is 25.5 Å². The van der Waals surface area contributed by atoms with Crippen LogP contribution in [0.4, 0.5) is 5.95 Å². The van der Waals surface area contributed by atoms with Crippen LogP contribution in [0.1, 0.15) is 16.8 Å². The smallest absolute Gasteiger partial charge is 0.274 e. The maximum Gasteiger partial charge on any atom is 0.274 e. The van der Waals surface area contributed by atoms with E-state index in [1.165, 1.54) is 5.56 Å². The van der Waals surface area contributed by atoms with Crippen LogP contribution in [0.15, 0.2) is 53.5 Å². The lowest BCUT2D eigenvalue weighted by molar-refractivity contribution is 0.415. The lowest BCUT2D eigenvalue weighted by atomic mass is 10.1. The third-order valence-electron chi connectivity index (χ3n) is 4.71. The van der Waals surface area contributed by atoms with Gasteiger partial charge < -0.3 is 15.0 Å². The lowest BCUT2D eigenvalue weighted by Crippen LogP contribution is -2.20. The summed E-state index contributed by atoms with van der Waals surface area (Å²) in [6.45, 7) is 0.611. The molecule has 29 heavy (non-hydrogen) atoms. The Hall–Kier alpha value is -3.32. The fourth-order valence-electron chi connectivity index (χ4n) is 3.17. The summed E-state index contributed by atoms with van der Waals surface area (Å²) in [6.07, 6.45) is 3.15. The Morgan fingerprint density at radius 2 is 1.97 bits per heavy atom. The lowest BCUT2D eigenvalue weighted by Gasteiger charge is -2.06. The third-order valence-corrected chi connectivity index (χ3v) is 4.96. The van der Waals surface area contributed by atoms with E-state index >= 15 is 0 Å². The number of hydrogen-bond donors (Lipinski definition) is 3. The molecule has 2 heterocycles. The minimum Gasteiger partial charge on any atom is -0.497 e. The summed E-state index contributed by atoms with van der Waals surface area (Å²) >= 11 is 5.89. The summed E-state index contributed by atoms with van der Waals surface area (Å²) in [6, 6.07) is 13.3. The van der Waals surface area contributed by atoms with Crippen LogP contribution in [0.2, 0.25) is 5.02 Å². The Labute approximate surface area is 172 Å². The number of aromatic nitrogens is 4. The molecule has 0 atom stereocenters. The highest BCUT2D eigenvalue weighted by Crippen LogP contribution is 2.23. The monoisotopic (exact) mass is 409 g/mol. The quantitative estimate of drug-likeness (QED) is 0.434. The van der Waals surface area contributed by atoms with Crippen LogP contribution in [0.3, 0.4) is 0 Å². The molecule has 0 bridgehead atoms. The number of H-pyrrole nitrogens is 2. The standard InChI is InChI=1S/C21H20ClN5O2/c1-29-16-6-7-17-14(12-24-18(17)11-16)8-9-23-21-25-20(28)19(26-27-21)10-13-2-4-15(22)5-3-13/h2-7,11-12,24H,8-10H2,1H3,(H2,23,25,27,28). The Morgan fingerprint density at radius 3 is 2.72 bits per heavy atom. The first-order valence-corrected chi connectivity index (χ1v) is 9.58. The molecule has 0 aliphatic heterocycles. The average Bonchev–Trinajstić information content (AvgIpc) is 3.13. The van der Waals surface area contributed by atoms with Gasteiger partial charge in [-0.1, -0.05) is 23.7 Å². The fourth-order valence-corrected chi connectivity index (χ4v) is 3.29. The highest BCUT2D eigenvalue weighted by molar-refractivity contribution is 6.30. The van der Waals surface area contributed by atoms with Gasteiger partial charge in [0, 0.05) is 41.2 Å². The van der Waals surface area contributed by atoms with Gasteiger partial charge >= 0.3 is 0 Å². The number of rotatable bonds is 7. The molecule has 4 rings (SSSR count). The van der Waals surface area contributed by atoms with E-state index in [1.807, 2.05) is 36.5 Å². The Morgan fingerprint density at radius 1 is 1.14 bits per heavy atom. The zero-order valence-electron chi connectivity index (χ0n) is 15.8. The van der Waals surface area contributed by atoms with Crippen LogP contribution in [-0.4, -0.2) is 33.8 Å². The maximum atomic E-state index is 12.3. The molecule has 148 valence electrons. The molecular formula is C21H20ClN5O2. The topological polar surface area (TPSA) is 95.7 Å². The number of ether oxygens (including phenoxy) is 1. The summed E-state index contributed by atoms with van der Waals surface area (Å²) in [5, 5.41) is 13.1. The van der Waals surface area contributed by atoms with Crippen LogP contribution in [0, 0.1) is 0 Å². The second-order valence-corrected chi connectivity index (χ2v) is 7.09. The highest BCUT2D eigenvalue weighted by Gasteiger charge is 2.08. The van der Waals surface area contributed by atoms with Gasteiger partial charge in [-0.3, -0.25) is 9.78 Å². The largest absolute Gasteiger partial charge is 0.497 e. The van der Waals surface area contributed by atoms with Gasteiger partial charge in [-0.2, -0.15) is 0 Å². The van der Waals surface area contributed by atoms with E-state index in [-0.39, 0.29) is 5.56 Å². The summed E-state index contributed by atoms with van der Waals surface area (Å²) in [5.74, 6) is 1.17. The van der Waals surface area contributed by atoms with Crippen LogP contribution in [0.25, 0.3) is 10.9 Å². The Bertz CT molecular complexity index is 1180. The summed E-state index contributed by atoms with van der Waals surface area (Å²) in [7, 11) is 1.65. The summed E-state index contributed by atoms with van der Waals surface area (Å²) < 4.78 is 5.25. The van der Waals surface area contributed by atoms with Crippen LogP contribution >= 0.6 is 11.6 Å². The number of anilines is 1. The first-order valence-electron chi connectivity index (χ1n) is 9.20. The van der Waals surface area contributed by atoms with Crippen molar-refractivity contribution >= 4 is 28.5 Å². The molecule has 0 saturated carbocycles. The van der Waals surface area contributed by atoms with Gasteiger partial charge in [-0.05, 0) is 41.8 Å². The molecule has 0 aliphatic rings. The first kappa shape index (κ1) is 19.0. The highest BCUT2D eigenvalue weighted by atomic mass is 35.5. The average molecular weight is 410 g/mol. The normalized spacial score (nSPS) is 11.0. The number of methoxy groups -OCH3 is 1. The van der Waals surface area contributed by atoms with Gasteiger partial charge in [-0.25, -0.2) is 0 Å². The van der Waals surface area contributed by atoms with Crippen molar-refractivity contribution in [2.75, 3.05) is 19.0 Å². The number of nitrogens with one attached hydrogen (secondary N) is 3. The molecule has 0 amide bonds. The second kappa shape index (κ2) is 8.36. The molecule has 0 unspecified atom stereocenters. The number of benzene rings is 2. The molecule has 0 radical (unpaired) electrons. The Kier molecular flexibility index (Phi) is 5.48. The molecule has 0 saturated heterocycles. The number of aromatic amines is 2. The first-order chi connectivity index (χ1) is 14.1. The molecular weight excluding hydrogens is 390 g/mol. The predicted octanol–water partition coefficient (Wildman–Crippen LogP) is 3.55. The van der Waals surface area contributed by atoms with Crippen molar-refractivity contribution in [1.82, 2.24) is 20.2 Å². The van der Waals surface area contributed by atoms with Crippen molar-refractivity contribution in [1.29, 1.82) is 0 Å². The molecule has 3 N–H and O–H groups in total. The van der Waals surface area contributed by atoms with E-state index in [0.29, 0.717) is 29.6 Å². The van der Waals surface area contributed by atoms with E-state index in [1.54, 1.807) is 19.2 Å². The summed E-state index contributed by atoms with van der Waals surface area (Å²) in [4.78, 5) is 18.3. The maximum absolute atomic E-state index is 12.3. The van der Waals surface area contributed by atoms with Gasteiger partial charge in [0.1, 0.15) is 11.4 Å². The molecule has 8 heteroatoms. The third kappa shape index (κ3) is 4.41.